The van der Waals surface area contributed by atoms with E-state index < -0.39 is 13.7 Å². The van der Waals surface area contributed by atoms with Crippen LogP contribution in [0.3, 0.4) is 0 Å². The molecule has 0 amide bonds. The van der Waals surface area contributed by atoms with Crippen molar-refractivity contribution in [3.05, 3.63) is 89.5 Å². The van der Waals surface area contributed by atoms with Crippen LogP contribution in [0.15, 0.2) is 72.8 Å². The third-order valence-corrected chi connectivity index (χ3v) is 5.44. The number of carbonyl (C=O) groups is 1. The number of carbonyl (C=O) groups excluding carboxylic acids is 1. The average molecular weight is 411 g/mol. The van der Waals surface area contributed by atoms with Crippen LogP contribution in [0.1, 0.15) is 21.5 Å². The number of aryl methyl sites for hydroxylation is 2. The van der Waals surface area contributed by atoms with Gasteiger partial charge in [0.05, 0.1) is 12.7 Å². The Labute approximate surface area is 170 Å². The Morgan fingerprint density at radius 1 is 0.828 bits per heavy atom. The van der Waals surface area contributed by atoms with Gasteiger partial charge in [0, 0.05) is 5.69 Å². The first kappa shape index (κ1) is 20.5. The lowest BCUT2D eigenvalue weighted by atomic mass is 10.2. The number of methoxy groups -OCH3 is 1. The second kappa shape index (κ2) is 8.84. The second-order valence-electron chi connectivity index (χ2n) is 6.49. The highest BCUT2D eigenvalue weighted by molar-refractivity contribution is 7.56. The van der Waals surface area contributed by atoms with Crippen molar-refractivity contribution in [3.63, 3.8) is 0 Å². The van der Waals surface area contributed by atoms with Gasteiger partial charge in [0.15, 0.2) is 0 Å². The lowest BCUT2D eigenvalue weighted by molar-refractivity contribution is 0.0600. The largest absolute Gasteiger partial charge is 0.541 e. The fourth-order valence-electron chi connectivity index (χ4n) is 2.64. The first-order valence-corrected chi connectivity index (χ1v) is 10.5. The van der Waals surface area contributed by atoms with Crippen LogP contribution in [0.5, 0.6) is 11.5 Å². The van der Waals surface area contributed by atoms with Gasteiger partial charge in [0.1, 0.15) is 11.5 Å². The highest BCUT2D eigenvalue weighted by Crippen LogP contribution is 2.48. The van der Waals surface area contributed by atoms with Gasteiger partial charge in [0.2, 0.25) is 0 Å². The number of hydrogen-bond acceptors (Lipinski definition) is 5. The number of nitrogens with one attached hydrogen (secondary N) is 1. The summed E-state index contributed by atoms with van der Waals surface area (Å²) in [5, 5.41) is 2.83. The molecule has 150 valence electrons. The monoisotopic (exact) mass is 411 g/mol. The standard InChI is InChI=1S/C22H22NO5P/c1-16-6-4-8-20(14-16)27-29(25,28-21-9-5-7-17(2)15-21)23-19-12-10-18(11-13-19)22(24)26-3/h4-15H,1-3H3,(H,23,25). The predicted octanol–water partition coefficient (Wildman–Crippen LogP) is 5.77. The number of ether oxygens (including phenoxy) is 1. The minimum atomic E-state index is -3.84. The Kier molecular flexibility index (Phi) is 6.25. The van der Waals surface area contributed by atoms with Crippen molar-refractivity contribution in [2.45, 2.75) is 13.8 Å². The molecule has 3 aromatic carbocycles. The van der Waals surface area contributed by atoms with Gasteiger partial charge < -0.3 is 13.8 Å². The van der Waals surface area contributed by atoms with Crippen LogP contribution in [0, 0.1) is 13.8 Å². The Bertz CT molecular complexity index is 998. The Morgan fingerprint density at radius 3 is 1.79 bits per heavy atom. The molecule has 0 unspecified atom stereocenters. The summed E-state index contributed by atoms with van der Waals surface area (Å²) in [6.07, 6.45) is 0. The van der Waals surface area contributed by atoms with Crippen molar-refractivity contribution in [2.75, 3.05) is 12.2 Å². The fraction of sp³-hybridized carbons (Fsp3) is 0.136. The topological polar surface area (TPSA) is 73.9 Å². The molecule has 6 nitrogen and oxygen atoms in total. The summed E-state index contributed by atoms with van der Waals surface area (Å²) in [4.78, 5) is 11.6. The molecule has 29 heavy (non-hydrogen) atoms. The molecular weight excluding hydrogens is 389 g/mol. The SMILES string of the molecule is COC(=O)c1ccc(NP(=O)(Oc2cccc(C)c2)Oc2cccc(C)c2)cc1. The van der Waals surface area contributed by atoms with Crippen molar-refractivity contribution < 1.29 is 23.1 Å². The predicted molar refractivity (Wildman–Crippen MR) is 113 cm³/mol. The zero-order valence-corrected chi connectivity index (χ0v) is 17.3. The maximum atomic E-state index is 13.6. The van der Waals surface area contributed by atoms with Gasteiger partial charge in [-0.1, -0.05) is 24.3 Å². The summed E-state index contributed by atoms with van der Waals surface area (Å²) >= 11 is 0. The van der Waals surface area contributed by atoms with Crippen LogP contribution >= 0.6 is 7.75 Å². The molecule has 0 aliphatic carbocycles. The van der Waals surface area contributed by atoms with Gasteiger partial charge in [-0.2, -0.15) is 0 Å². The highest BCUT2D eigenvalue weighted by atomic mass is 31.2. The van der Waals surface area contributed by atoms with Gasteiger partial charge in [-0.15, -0.1) is 0 Å². The second-order valence-corrected chi connectivity index (χ2v) is 8.08. The van der Waals surface area contributed by atoms with Gasteiger partial charge >= 0.3 is 13.7 Å². The Balaban J connectivity index is 1.89. The summed E-state index contributed by atoms with van der Waals surface area (Å²) < 4.78 is 29.8. The molecule has 0 aromatic heterocycles. The van der Waals surface area contributed by atoms with Gasteiger partial charge in [0.25, 0.3) is 0 Å². The van der Waals surface area contributed by atoms with E-state index in [4.69, 9.17) is 13.8 Å². The molecule has 0 aliphatic rings. The number of esters is 1. The molecule has 0 bridgehead atoms. The highest BCUT2D eigenvalue weighted by Gasteiger charge is 2.29. The van der Waals surface area contributed by atoms with Gasteiger partial charge in [-0.25, -0.2) is 9.36 Å². The molecule has 3 rings (SSSR count). The number of rotatable bonds is 7. The third-order valence-electron chi connectivity index (χ3n) is 4.00. The summed E-state index contributed by atoms with van der Waals surface area (Å²) in [7, 11) is -2.52. The molecule has 0 spiro atoms. The van der Waals surface area contributed by atoms with Crippen molar-refractivity contribution in [1.29, 1.82) is 0 Å². The van der Waals surface area contributed by atoms with Crippen molar-refractivity contribution in [2.24, 2.45) is 0 Å². The molecule has 0 radical (unpaired) electrons. The van der Waals surface area contributed by atoms with E-state index >= 15 is 0 Å². The first-order valence-electron chi connectivity index (χ1n) is 8.96. The zero-order valence-electron chi connectivity index (χ0n) is 16.4. The number of hydrogen-bond donors (Lipinski definition) is 1. The molecule has 0 atom stereocenters. The molecule has 3 aromatic rings. The van der Waals surface area contributed by atoms with Crippen LogP contribution in [0.25, 0.3) is 0 Å². The molecule has 0 fully saturated rings. The number of benzene rings is 3. The zero-order chi connectivity index (χ0) is 20.9. The Hall–Kier alpha value is -3.24. The summed E-state index contributed by atoms with van der Waals surface area (Å²) in [5.41, 5.74) is 2.78. The maximum absolute atomic E-state index is 13.6. The molecule has 0 aliphatic heterocycles. The minimum Gasteiger partial charge on any atom is -0.465 e. The van der Waals surface area contributed by atoms with Crippen LogP contribution in [0.4, 0.5) is 5.69 Å². The summed E-state index contributed by atoms with van der Waals surface area (Å²) in [6, 6.07) is 20.8. The van der Waals surface area contributed by atoms with E-state index in [0.717, 1.165) is 11.1 Å². The minimum absolute atomic E-state index is 0.382. The van der Waals surface area contributed by atoms with Crippen LogP contribution < -0.4 is 14.1 Å². The number of anilines is 1. The molecule has 7 heteroatoms. The Morgan fingerprint density at radius 2 is 1.34 bits per heavy atom. The first-order chi connectivity index (χ1) is 13.9. The van der Waals surface area contributed by atoms with Crippen molar-refractivity contribution >= 4 is 19.4 Å². The average Bonchev–Trinajstić information content (AvgIpc) is 2.67. The fourth-order valence-corrected chi connectivity index (χ4v) is 4.02. The van der Waals surface area contributed by atoms with Crippen molar-refractivity contribution in [1.82, 2.24) is 0 Å². The van der Waals surface area contributed by atoms with Gasteiger partial charge in [-0.05, 0) is 73.5 Å². The van der Waals surface area contributed by atoms with E-state index in [-0.39, 0.29) is 0 Å². The van der Waals surface area contributed by atoms with E-state index in [1.165, 1.54) is 7.11 Å². The normalized spacial score (nSPS) is 10.9. The van der Waals surface area contributed by atoms with E-state index in [0.29, 0.717) is 22.7 Å². The molecule has 0 saturated heterocycles. The maximum Gasteiger partial charge on any atom is 0.541 e. The lowest BCUT2D eigenvalue weighted by Gasteiger charge is -2.21. The smallest absolute Gasteiger partial charge is 0.465 e. The van der Waals surface area contributed by atoms with Gasteiger partial charge in [-0.3, -0.25) is 5.09 Å². The van der Waals surface area contributed by atoms with E-state index in [1.54, 1.807) is 48.5 Å². The van der Waals surface area contributed by atoms with Crippen LogP contribution in [0.2, 0.25) is 0 Å². The molecule has 0 saturated carbocycles. The summed E-state index contributed by atoms with van der Waals surface area (Å²) in [6.45, 7) is 3.83. The van der Waals surface area contributed by atoms with E-state index in [1.807, 2.05) is 38.1 Å². The van der Waals surface area contributed by atoms with Crippen LogP contribution in [-0.4, -0.2) is 13.1 Å². The summed E-state index contributed by atoms with van der Waals surface area (Å²) in [5.74, 6) is 0.381. The van der Waals surface area contributed by atoms with E-state index in [2.05, 4.69) is 5.09 Å². The quantitative estimate of drug-likeness (QED) is 0.393. The molecule has 1 N–H and O–H groups in total. The molecular formula is C22H22NO5P. The molecule has 0 heterocycles. The van der Waals surface area contributed by atoms with Crippen molar-refractivity contribution in [3.8, 4) is 11.5 Å². The third kappa shape index (κ3) is 5.62. The lowest BCUT2D eigenvalue weighted by Crippen LogP contribution is -2.10. The van der Waals surface area contributed by atoms with Crippen LogP contribution in [-0.2, 0) is 9.30 Å². The van der Waals surface area contributed by atoms with E-state index in [9.17, 15) is 9.36 Å².